The first-order chi connectivity index (χ1) is 9.88. The van der Waals surface area contributed by atoms with Crippen LogP contribution in [0.2, 0.25) is 0 Å². The topological polar surface area (TPSA) is 111 Å². The third-order valence-corrected chi connectivity index (χ3v) is 3.00. The van der Waals surface area contributed by atoms with Crippen LogP contribution in [0.3, 0.4) is 0 Å². The summed E-state index contributed by atoms with van der Waals surface area (Å²) in [5.41, 5.74) is 7.83. The summed E-state index contributed by atoms with van der Waals surface area (Å²) in [4.78, 5) is 26.4. The number of nitro groups is 1. The van der Waals surface area contributed by atoms with Gasteiger partial charge in [0.2, 0.25) is 0 Å². The molecule has 2 aromatic rings. The lowest BCUT2D eigenvalue weighted by Gasteiger charge is -2.09. The number of nitrogen functional groups attached to an aromatic ring is 1. The van der Waals surface area contributed by atoms with Crippen molar-refractivity contribution in [3.8, 4) is 0 Å². The molecule has 0 bridgehead atoms. The zero-order valence-corrected chi connectivity index (χ0v) is 11.6. The van der Waals surface area contributed by atoms with Crippen molar-refractivity contribution < 1.29 is 9.72 Å². The lowest BCUT2D eigenvalue weighted by atomic mass is 10.1. The van der Waals surface area contributed by atoms with Gasteiger partial charge in [-0.2, -0.15) is 0 Å². The molecule has 0 aliphatic carbocycles. The molecule has 0 saturated heterocycles. The molecule has 1 aromatic carbocycles. The van der Waals surface area contributed by atoms with Crippen molar-refractivity contribution in [2.75, 3.05) is 11.1 Å². The van der Waals surface area contributed by atoms with Gasteiger partial charge in [-0.15, -0.1) is 0 Å². The van der Waals surface area contributed by atoms with Gasteiger partial charge in [0.1, 0.15) is 5.69 Å². The number of nitrogens with zero attached hydrogens (tertiary/aromatic N) is 2. The second-order valence-electron chi connectivity index (χ2n) is 4.64. The Morgan fingerprint density at radius 1 is 1.29 bits per heavy atom. The SMILES string of the molecule is Cc1cc([N+](=O)[O-])c(C)cc1NC(=O)c1cc(N)ccn1. The molecule has 0 aliphatic heterocycles. The second kappa shape index (κ2) is 5.58. The van der Waals surface area contributed by atoms with Crippen LogP contribution in [0.15, 0.2) is 30.5 Å². The highest BCUT2D eigenvalue weighted by Gasteiger charge is 2.15. The first-order valence-corrected chi connectivity index (χ1v) is 6.17. The van der Waals surface area contributed by atoms with Crippen LogP contribution in [-0.2, 0) is 0 Å². The molecule has 0 aliphatic rings. The molecule has 0 spiro atoms. The molecule has 1 heterocycles. The van der Waals surface area contributed by atoms with E-state index in [4.69, 9.17) is 5.73 Å². The molecule has 0 saturated carbocycles. The number of benzene rings is 1. The summed E-state index contributed by atoms with van der Waals surface area (Å²) in [6.45, 7) is 3.31. The number of amides is 1. The van der Waals surface area contributed by atoms with Gasteiger partial charge in [0.15, 0.2) is 0 Å². The first kappa shape index (κ1) is 14.4. The van der Waals surface area contributed by atoms with Gasteiger partial charge in [0, 0.05) is 29.2 Å². The molecular formula is C14H14N4O3. The Bertz CT molecular complexity index is 728. The molecular weight excluding hydrogens is 272 g/mol. The average molecular weight is 286 g/mol. The molecule has 3 N–H and O–H groups in total. The Morgan fingerprint density at radius 3 is 2.62 bits per heavy atom. The van der Waals surface area contributed by atoms with E-state index < -0.39 is 10.8 Å². The van der Waals surface area contributed by atoms with Crippen LogP contribution in [0.4, 0.5) is 17.1 Å². The first-order valence-electron chi connectivity index (χ1n) is 6.17. The van der Waals surface area contributed by atoms with E-state index in [0.717, 1.165) is 0 Å². The largest absolute Gasteiger partial charge is 0.399 e. The van der Waals surface area contributed by atoms with E-state index in [2.05, 4.69) is 10.3 Å². The molecule has 0 fully saturated rings. The molecule has 1 aromatic heterocycles. The predicted octanol–water partition coefficient (Wildman–Crippen LogP) is 2.44. The van der Waals surface area contributed by atoms with Crippen LogP contribution in [0, 0.1) is 24.0 Å². The van der Waals surface area contributed by atoms with E-state index in [1.165, 1.54) is 18.3 Å². The molecule has 21 heavy (non-hydrogen) atoms. The Hall–Kier alpha value is -2.96. The smallest absolute Gasteiger partial charge is 0.274 e. The molecule has 2 rings (SSSR count). The highest BCUT2D eigenvalue weighted by atomic mass is 16.6. The lowest BCUT2D eigenvalue weighted by Crippen LogP contribution is -2.15. The maximum absolute atomic E-state index is 12.1. The van der Waals surface area contributed by atoms with Crippen molar-refractivity contribution in [3.05, 3.63) is 57.4 Å². The van der Waals surface area contributed by atoms with Gasteiger partial charge in [-0.05, 0) is 37.6 Å². The van der Waals surface area contributed by atoms with Crippen molar-refractivity contribution in [3.63, 3.8) is 0 Å². The minimum absolute atomic E-state index is 0.0209. The second-order valence-corrected chi connectivity index (χ2v) is 4.64. The van der Waals surface area contributed by atoms with Crippen molar-refractivity contribution >= 4 is 23.0 Å². The average Bonchev–Trinajstić information content (AvgIpc) is 2.42. The normalized spacial score (nSPS) is 10.2. The van der Waals surface area contributed by atoms with E-state index in [1.54, 1.807) is 26.0 Å². The van der Waals surface area contributed by atoms with Gasteiger partial charge in [0.05, 0.1) is 4.92 Å². The van der Waals surface area contributed by atoms with Crippen LogP contribution in [-0.4, -0.2) is 15.8 Å². The Balaban J connectivity index is 2.30. The van der Waals surface area contributed by atoms with Gasteiger partial charge in [0.25, 0.3) is 11.6 Å². The Labute approximate surface area is 121 Å². The zero-order valence-electron chi connectivity index (χ0n) is 11.6. The third kappa shape index (κ3) is 3.14. The van der Waals surface area contributed by atoms with Crippen LogP contribution < -0.4 is 11.1 Å². The number of nitrogens with two attached hydrogens (primary N) is 1. The number of aryl methyl sites for hydroxylation is 2. The third-order valence-electron chi connectivity index (χ3n) is 3.00. The summed E-state index contributed by atoms with van der Waals surface area (Å²) in [6, 6.07) is 6.04. The fourth-order valence-corrected chi connectivity index (χ4v) is 1.89. The van der Waals surface area contributed by atoms with Gasteiger partial charge in [-0.25, -0.2) is 0 Å². The van der Waals surface area contributed by atoms with Crippen LogP contribution in [0.5, 0.6) is 0 Å². The fourth-order valence-electron chi connectivity index (χ4n) is 1.89. The minimum Gasteiger partial charge on any atom is -0.399 e. The van der Waals surface area contributed by atoms with Gasteiger partial charge < -0.3 is 11.1 Å². The summed E-state index contributed by atoms with van der Waals surface area (Å²) in [7, 11) is 0. The lowest BCUT2D eigenvalue weighted by molar-refractivity contribution is -0.385. The number of carbonyl (C=O) groups is 1. The summed E-state index contributed by atoms with van der Waals surface area (Å²) in [5.74, 6) is -0.418. The van der Waals surface area contributed by atoms with E-state index in [9.17, 15) is 14.9 Å². The van der Waals surface area contributed by atoms with E-state index in [0.29, 0.717) is 22.5 Å². The number of pyridine rings is 1. The maximum atomic E-state index is 12.1. The van der Waals surface area contributed by atoms with Gasteiger partial charge in [-0.3, -0.25) is 19.9 Å². The maximum Gasteiger partial charge on any atom is 0.274 e. The number of hydrogen-bond donors (Lipinski definition) is 2. The van der Waals surface area contributed by atoms with E-state index in [1.807, 2.05) is 0 Å². The number of nitro benzene ring substituents is 1. The van der Waals surface area contributed by atoms with Crippen LogP contribution in [0.25, 0.3) is 0 Å². The highest BCUT2D eigenvalue weighted by molar-refractivity contribution is 6.03. The van der Waals surface area contributed by atoms with Crippen molar-refractivity contribution in [1.82, 2.24) is 4.98 Å². The van der Waals surface area contributed by atoms with Crippen LogP contribution >= 0.6 is 0 Å². The van der Waals surface area contributed by atoms with Crippen LogP contribution in [0.1, 0.15) is 21.6 Å². The summed E-state index contributed by atoms with van der Waals surface area (Å²) in [5, 5.41) is 13.5. The molecule has 0 radical (unpaired) electrons. The van der Waals surface area contributed by atoms with Crippen molar-refractivity contribution in [1.29, 1.82) is 0 Å². The van der Waals surface area contributed by atoms with E-state index in [-0.39, 0.29) is 11.4 Å². The molecule has 7 nitrogen and oxygen atoms in total. The number of anilines is 2. The van der Waals surface area contributed by atoms with E-state index >= 15 is 0 Å². The summed E-state index contributed by atoms with van der Waals surface area (Å²) >= 11 is 0. The quantitative estimate of drug-likeness (QED) is 0.665. The molecule has 7 heteroatoms. The van der Waals surface area contributed by atoms with Gasteiger partial charge >= 0.3 is 0 Å². The minimum atomic E-state index is -0.451. The Kier molecular flexibility index (Phi) is 3.84. The fraction of sp³-hybridized carbons (Fsp3) is 0.143. The standard InChI is InChI=1S/C14H14N4O3/c1-8-6-13(18(20)21)9(2)5-11(8)17-14(19)12-7-10(15)3-4-16-12/h3-7H,1-2H3,(H2,15,16)(H,17,19). The predicted molar refractivity (Wildman–Crippen MR) is 79.2 cm³/mol. The number of nitrogens with one attached hydrogen (secondary N) is 1. The number of carbonyl (C=O) groups excluding carboxylic acids is 1. The molecule has 0 unspecified atom stereocenters. The number of hydrogen-bond acceptors (Lipinski definition) is 5. The number of aromatic nitrogens is 1. The molecule has 1 amide bonds. The monoisotopic (exact) mass is 286 g/mol. The Morgan fingerprint density at radius 2 is 2.00 bits per heavy atom. The zero-order chi connectivity index (χ0) is 15.6. The highest BCUT2D eigenvalue weighted by Crippen LogP contribution is 2.26. The van der Waals surface area contributed by atoms with Crippen molar-refractivity contribution in [2.24, 2.45) is 0 Å². The molecule has 0 atom stereocenters. The summed E-state index contributed by atoms with van der Waals surface area (Å²) < 4.78 is 0. The molecule has 108 valence electrons. The van der Waals surface area contributed by atoms with Gasteiger partial charge in [-0.1, -0.05) is 0 Å². The summed E-state index contributed by atoms with van der Waals surface area (Å²) in [6.07, 6.45) is 1.44. The number of rotatable bonds is 3. The van der Waals surface area contributed by atoms with Crippen molar-refractivity contribution in [2.45, 2.75) is 13.8 Å².